The maximum Gasteiger partial charge on any atom is 0.350 e. The van der Waals surface area contributed by atoms with Gasteiger partial charge in [-0.2, -0.15) is 0 Å². The summed E-state index contributed by atoms with van der Waals surface area (Å²) < 4.78 is 10.9. The third kappa shape index (κ3) is 2.86. The first-order valence-electron chi connectivity index (χ1n) is 7.31. The van der Waals surface area contributed by atoms with Crippen molar-refractivity contribution in [2.24, 2.45) is 4.99 Å². The molecule has 0 spiro atoms. The zero-order valence-corrected chi connectivity index (χ0v) is 12.3. The third-order valence-corrected chi connectivity index (χ3v) is 3.46. The third-order valence-electron chi connectivity index (χ3n) is 3.46. The summed E-state index contributed by atoms with van der Waals surface area (Å²) in [4.78, 5) is 16.8. The van der Waals surface area contributed by atoms with E-state index in [1.807, 2.05) is 60.7 Å². The second-order valence-electron chi connectivity index (χ2n) is 4.95. The van der Waals surface area contributed by atoms with E-state index >= 15 is 0 Å². The number of hydrogen-bond acceptors (Lipinski definition) is 4. The molecule has 1 heterocycles. The van der Waals surface area contributed by atoms with Gasteiger partial charge in [0.05, 0.1) is 6.61 Å². The summed E-state index contributed by atoms with van der Waals surface area (Å²) in [6.07, 6.45) is -0.738. The highest BCUT2D eigenvalue weighted by Crippen LogP contribution is 2.31. The quantitative estimate of drug-likeness (QED) is 0.814. The Bertz CT molecular complexity index is 667. The number of nitrogens with zero attached hydrogens (tertiary/aromatic N) is 1. The molecule has 0 N–H and O–H groups in total. The fourth-order valence-electron chi connectivity index (χ4n) is 2.43. The molecule has 0 aromatic heterocycles. The van der Waals surface area contributed by atoms with Crippen molar-refractivity contribution < 1.29 is 14.3 Å². The molecule has 0 saturated heterocycles. The van der Waals surface area contributed by atoms with Crippen molar-refractivity contribution in [1.82, 2.24) is 0 Å². The Hall–Kier alpha value is -2.62. The van der Waals surface area contributed by atoms with Gasteiger partial charge in [0.2, 0.25) is 12.0 Å². The number of aliphatic imine (C=N–C) groups is 1. The molecule has 2 aromatic carbocycles. The first kappa shape index (κ1) is 14.3. The molecular weight excluding hydrogens is 278 g/mol. The fraction of sp³-hybridized carbons (Fsp3) is 0.222. The largest absolute Gasteiger partial charge is 0.463 e. The van der Waals surface area contributed by atoms with E-state index in [1.165, 1.54) is 0 Å². The van der Waals surface area contributed by atoms with Gasteiger partial charge >= 0.3 is 5.97 Å². The van der Waals surface area contributed by atoms with Crippen molar-refractivity contribution in [2.45, 2.75) is 19.1 Å². The van der Waals surface area contributed by atoms with Crippen molar-refractivity contribution in [3.63, 3.8) is 0 Å². The molecule has 0 aliphatic carbocycles. The molecule has 4 heteroatoms. The SMILES string of the molecule is CCOC(=O)C1OC(c2ccccc2)=NC1c1ccccc1. The Morgan fingerprint density at radius 1 is 1.09 bits per heavy atom. The summed E-state index contributed by atoms with van der Waals surface area (Å²) in [6.45, 7) is 2.10. The molecule has 112 valence electrons. The van der Waals surface area contributed by atoms with Crippen LogP contribution in [0.25, 0.3) is 0 Å². The lowest BCUT2D eigenvalue weighted by atomic mass is 10.0. The van der Waals surface area contributed by atoms with Crippen LogP contribution in [0.1, 0.15) is 24.1 Å². The van der Waals surface area contributed by atoms with Crippen molar-refractivity contribution in [1.29, 1.82) is 0 Å². The van der Waals surface area contributed by atoms with E-state index in [9.17, 15) is 4.79 Å². The van der Waals surface area contributed by atoms with Crippen LogP contribution in [0.2, 0.25) is 0 Å². The van der Waals surface area contributed by atoms with Crippen LogP contribution in [-0.2, 0) is 14.3 Å². The topological polar surface area (TPSA) is 47.9 Å². The van der Waals surface area contributed by atoms with Crippen LogP contribution in [0, 0.1) is 0 Å². The smallest absolute Gasteiger partial charge is 0.350 e. The van der Waals surface area contributed by atoms with Gasteiger partial charge in [-0.1, -0.05) is 48.5 Å². The number of esters is 1. The van der Waals surface area contributed by atoms with E-state index in [2.05, 4.69) is 4.99 Å². The maximum absolute atomic E-state index is 12.2. The van der Waals surface area contributed by atoms with Crippen LogP contribution in [-0.4, -0.2) is 24.6 Å². The van der Waals surface area contributed by atoms with Crippen LogP contribution in [0.15, 0.2) is 65.7 Å². The summed E-state index contributed by atoms with van der Waals surface area (Å²) in [6, 6.07) is 18.9. The zero-order chi connectivity index (χ0) is 15.4. The van der Waals surface area contributed by atoms with Crippen LogP contribution >= 0.6 is 0 Å². The number of benzene rings is 2. The predicted octanol–water partition coefficient (Wildman–Crippen LogP) is 3.14. The molecule has 3 rings (SSSR count). The van der Waals surface area contributed by atoms with E-state index < -0.39 is 6.10 Å². The van der Waals surface area contributed by atoms with Gasteiger partial charge in [0.1, 0.15) is 6.04 Å². The number of ether oxygens (including phenoxy) is 2. The molecule has 1 aliphatic heterocycles. The van der Waals surface area contributed by atoms with E-state index in [0.29, 0.717) is 12.5 Å². The Kier molecular flexibility index (Phi) is 4.19. The minimum Gasteiger partial charge on any atom is -0.463 e. The molecule has 0 saturated carbocycles. The second-order valence-corrected chi connectivity index (χ2v) is 4.95. The zero-order valence-electron chi connectivity index (χ0n) is 12.3. The summed E-state index contributed by atoms with van der Waals surface area (Å²) in [7, 11) is 0. The van der Waals surface area contributed by atoms with Gasteiger partial charge < -0.3 is 9.47 Å². The first-order chi connectivity index (χ1) is 10.8. The van der Waals surface area contributed by atoms with E-state index in [4.69, 9.17) is 9.47 Å². The normalized spacial score (nSPS) is 20.1. The van der Waals surface area contributed by atoms with Crippen LogP contribution in [0.4, 0.5) is 0 Å². The molecule has 4 nitrogen and oxygen atoms in total. The van der Waals surface area contributed by atoms with E-state index in [0.717, 1.165) is 11.1 Å². The lowest BCUT2D eigenvalue weighted by molar-refractivity contribution is -0.152. The highest BCUT2D eigenvalue weighted by atomic mass is 16.6. The van der Waals surface area contributed by atoms with Gasteiger partial charge in [0, 0.05) is 5.56 Å². The van der Waals surface area contributed by atoms with Gasteiger partial charge in [-0.25, -0.2) is 9.79 Å². The molecule has 1 aliphatic rings. The average Bonchev–Trinajstić information content (AvgIpc) is 3.02. The van der Waals surface area contributed by atoms with Crippen LogP contribution in [0.3, 0.4) is 0 Å². The minimum absolute atomic E-state index is 0.320. The lowest BCUT2D eigenvalue weighted by Crippen LogP contribution is -2.29. The molecule has 2 unspecified atom stereocenters. The molecule has 2 atom stereocenters. The number of carbonyl (C=O) groups excluding carboxylic acids is 1. The molecule has 22 heavy (non-hydrogen) atoms. The highest BCUT2D eigenvalue weighted by molar-refractivity contribution is 5.98. The Morgan fingerprint density at radius 3 is 2.36 bits per heavy atom. The Balaban J connectivity index is 1.94. The minimum atomic E-state index is -0.738. The summed E-state index contributed by atoms with van der Waals surface area (Å²) in [5, 5.41) is 0. The van der Waals surface area contributed by atoms with E-state index in [1.54, 1.807) is 6.92 Å². The Labute approximate surface area is 129 Å². The lowest BCUT2D eigenvalue weighted by Gasteiger charge is -2.16. The van der Waals surface area contributed by atoms with Crippen molar-refractivity contribution >= 4 is 11.9 Å². The monoisotopic (exact) mass is 295 g/mol. The second kappa shape index (κ2) is 6.43. The van der Waals surface area contributed by atoms with Crippen molar-refractivity contribution in [3.8, 4) is 0 Å². The van der Waals surface area contributed by atoms with Gasteiger partial charge in [-0.05, 0) is 24.6 Å². The number of rotatable bonds is 4. The molecule has 2 aromatic rings. The highest BCUT2D eigenvalue weighted by Gasteiger charge is 2.39. The summed E-state index contributed by atoms with van der Waals surface area (Å²) in [5.74, 6) is 0.0959. The van der Waals surface area contributed by atoms with Gasteiger partial charge in [0.25, 0.3) is 0 Å². The van der Waals surface area contributed by atoms with Crippen LogP contribution < -0.4 is 0 Å². The predicted molar refractivity (Wildman–Crippen MR) is 83.7 cm³/mol. The van der Waals surface area contributed by atoms with Gasteiger partial charge in [0.15, 0.2) is 0 Å². The standard InChI is InChI=1S/C18H17NO3/c1-2-21-18(20)16-15(13-9-5-3-6-10-13)19-17(22-16)14-11-7-4-8-12-14/h3-12,15-16H,2H2,1H3. The van der Waals surface area contributed by atoms with Crippen molar-refractivity contribution in [3.05, 3.63) is 71.8 Å². The maximum atomic E-state index is 12.2. The first-order valence-corrected chi connectivity index (χ1v) is 7.31. The summed E-state index contributed by atoms with van der Waals surface area (Å²) >= 11 is 0. The van der Waals surface area contributed by atoms with Gasteiger partial charge in [-0.3, -0.25) is 0 Å². The number of carbonyl (C=O) groups is 1. The molecular formula is C18H17NO3. The van der Waals surface area contributed by atoms with E-state index in [-0.39, 0.29) is 12.0 Å². The Morgan fingerprint density at radius 2 is 1.73 bits per heavy atom. The van der Waals surface area contributed by atoms with Crippen LogP contribution in [0.5, 0.6) is 0 Å². The molecule has 0 fully saturated rings. The van der Waals surface area contributed by atoms with Gasteiger partial charge in [-0.15, -0.1) is 0 Å². The summed E-state index contributed by atoms with van der Waals surface area (Å²) in [5.41, 5.74) is 1.79. The van der Waals surface area contributed by atoms with Crippen molar-refractivity contribution in [2.75, 3.05) is 6.61 Å². The average molecular weight is 295 g/mol. The number of hydrogen-bond donors (Lipinski definition) is 0. The molecule has 0 bridgehead atoms. The molecule has 0 radical (unpaired) electrons. The molecule has 0 amide bonds. The fourth-order valence-corrected chi connectivity index (χ4v) is 2.43.